The molecule has 0 aromatic heterocycles. The molecular weight excluding hydrogens is 220 g/mol. The van der Waals surface area contributed by atoms with Crippen LogP contribution in [-0.2, 0) is 13.1 Å². The second-order valence-electron chi connectivity index (χ2n) is 6.32. The number of nitrogens with zero attached hydrogens (tertiary/aromatic N) is 1. The lowest BCUT2D eigenvalue weighted by Gasteiger charge is -2.23. The first-order chi connectivity index (χ1) is 8.59. The van der Waals surface area contributed by atoms with Gasteiger partial charge in [0.1, 0.15) is 0 Å². The van der Waals surface area contributed by atoms with Crippen LogP contribution in [0, 0.1) is 5.41 Å². The summed E-state index contributed by atoms with van der Waals surface area (Å²) >= 11 is 0. The van der Waals surface area contributed by atoms with Gasteiger partial charge in [0, 0.05) is 13.1 Å². The van der Waals surface area contributed by atoms with Crippen LogP contribution in [0.3, 0.4) is 0 Å². The van der Waals surface area contributed by atoms with E-state index in [2.05, 4.69) is 43.0 Å². The van der Waals surface area contributed by atoms with Gasteiger partial charge in [0.2, 0.25) is 0 Å². The Labute approximate surface area is 111 Å². The zero-order valence-electron chi connectivity index (χ0n) is 11.8. The Balaban J connectivity index is 1.96. The first-order valence-electron chi connectivity index (χ1n) is 7.09. The van der Waals surface area contributed by atoms with Crippen molar-refractivity contribution in [2.45, 2.75) is 46.2 Å². The minimum atomic E-state index is 0.522. The Morgan fingerprint density at radius 3 is 2.72 bits per heavy atom. The van der Waals surface area contributed by atoms with Crippen LogP contribution in [0.1, 0.15) is 44.2 Å². The quantitative estimate of drug-likeness (QED) is 0.887. The lowest BCUT2D eigenvalue weighted by Crippen LogP contribution is -2.25. The van der Waals surface area contributed by atoms with E-state index in [1.54, 1.807) is 0 Å². The zero-order chi connectivity index (χ0) is 13.0. The van der Waals surface area contributed by atoms with Crippen molar-refractivity contribution in [2.75, 3.05) is 13.1 Å². The molecule has 18 heavy (non-hydrogen) atoms. The molecule has 0 radical (unpaired) electrons. The fraction of sp³-hybridized carbons (Fsp3) is 0.625. The van der Waals surface area contributed by atoms with Gasteiger partial charge in [-0.1, -0.05) is 38.1 Å². The van der Waals surface area contributed by atoms with Crippen LogP contribution in [0.5, 0.6) is 0 Å². The fourth-order valence-electron chi connectivity index (χ4n) is 2.75. The maximum absolute atomic E-state index is 5.70. The van der Waals surface area contributed by atoms with Crippen molar-refractivity contribution in [1.82, 2.24) is 4.90 Å². The molecule has 0 saturated carbocycles. The van der Waals surface area contributed by atoms with Crippen LogP contribution in [0.2, 0.25) is 0 Å². The third-order valence-corrected chi connectivity index (χ3v) is 4.07. The third-order valence-electron chi connectivity index (χ3n) is 4.07. The molecule has 1 aliphatic heterocycles. The molecule has 0 unspecified atom stereocenters. The third kappa shape index (κ3) is 3.82. The van der Waals surface area contributed by atoms with Crippen molar-refractivity contribution in [3.8, 4) is 0 Å². The molecular formula is C16H26N2. The molecule has 0 spiro atoms. The molecule has 1 fully saturated rings. The summed E-state index contributed by atoms with van der Waals surface area (Å²) in [6, 6.07) is 8.69. The lowest BCUT2D eigenvalue weighted by molar-refractivity contribution is 0.256. The molecule has 2 rings (SSSR count). The SMILES string of the molecule is CC1(C)CCCN(Cc2cccc(CN)c2)CC1. The Kier molecular flexibility index (Phi) is 4.41. The van der Waals surface area contributed by atoms with Gasteiger partial charge in [-0.3, -0.25) is 4.90 Å². The van der Waals surface area contributed by atoms with E-state index in [0.717, 1.165) is 6.54 Å². The number of benzene rings is 1. The smallest absolute Gasteiger partial charge is 0.0233 e. The van der Waals surface area contributed by atoms with Gasteiger partial charge in [-0.15, -0.1) is 0 Å². The van der Waals surface area contributed by atoms with Gasteiger partial charge in [0.05, 0.1) is 0 Å². The normalized spacial score (nSPS) is 20.6. The number of rotatable bonds is 3. The van der Waals surface area contributed by atoms with Crippen LogP contribution in [-0.4, -0.2) is 18.0 Å². The molecule has 0 aliphatic carbocycles. The predicted octanol–water partition coefficient (Wildman–Crippen LogP) is 3.16. The Morgan fingerprint density at radius 1 is 1.17 bits per heavy atom. The Hall–Kier alpha value is -0.860. The van der Waals surface area contributed by atoms with Crippen molar-refractivity contribution in [3.63, 3.8) is 0 Å². The summed E-state index contributed by atoms with van der Waals surface area (Å²) in [5, 5.41) is 0. The minimum absolute atomic E-state index is 0.522. The van der Waals surface area contributed by atoms with E-state index in [9.17, 15) is 0 Å². The van der Waals surface area contributed by atoms with E-state index in [1.165, 1.54) is 43.5 Å². The number of nitrogens with two attached hydrogens (primary N) is 1. The number of likely N-dealkylation sites (tertiary alicyclic amines) is 1. The first-order valence-corrected chi connectivity index (χ1v) is 7.09. The molecule has 0 amide bonds. The van der Waals surface area contributed by atoms with E-state index in [4.69, 9.17) is 5.73 Å². The highest BCUT2D eigenvalue weighted by Crippen LogP contribution is 2.30. The van der Waals surface area contributed by atoms with Crippen molar-refractivity contribution >= 4 is 0 Å². The van der Waals surface area contributed by atoms with Crippen molar-refractivity contribution in [2.24, 2.45) is 11.1 Å². The molecule has 2 N–H and O–H groups in total. The minimum Gasteiger partial charge on any atom is -0.326 e. The molecule has 2 nitrogen and oxygen atoms in total. The summed E-state index contributed by atoms with van der Waals surface area (Å²) < 4.78 is 0. The number of hydrogen-bond donors (Lipinski definition) is 1. The van der Waals surface area contributed by atoms with Crippen molar-refractivity contribution in [1.29, 1.82) is 0 Å². The van der Waals surface area contributed by atoms with Crippen molar-refractivity contribution < 1.29 is 0 Å². The van der Waals surface area contributed by atoms with E-state index in [-0.39, 0.29) is 0 Å². The zero-order valence-corrected chi connectivity index (χ0v) is 11.8. The van der Waals surface area contributed by atoms with Gasteiger partial charge in [0.15, 0.2) is 0 Å². The highest BCUT2D eigenvalue weighted by Gasteiger charge is 2.22. The standard InChI is InChI=1S/C16H26N2/c1-16(2)7-4-9-18(10-8-16)13-15-6-3-5-14(11-15)12-17/h3,5-6,11H,4,7-10,12-13,17H2,1-2H3. The van der Waals surface area contributed by atoms with Gasteiger partial charge < -0.3 is 5.73 Å². The summed E-state index contributed by atoms with van der Waals surface area (Å²) in [5.41, 5.74) is 8.86. The Morgan fingerprint density at radius 2 is 1.94 bits per heavy atom. The topological polar surface area (TPSA) is 29.3 Å². The van der Waals surface area contributed by atoms with Crippen LogP contribution >= 0.6 is 0 Å². The molecule has 1 aromatic rings. The van der Waals surface area contributed by atoms with Gasteiger partial charge in [-0.25, -0.2) is 0 Å². The van der Waals surface area contributed by atoms with Crippen LogP contribution in [0.15, 0.2) is 24.3 Å². The highest BCUT2D eigenvalue weighted by atomic mass is 15.1. The fourth-order valence-corrected chi connectivity index (χ4v) is 2.75. The van der Waals surface area contributed by atoms with E-state index < -0.39 is 0 Å². The maximum Gasteiger partial charge on any atom is 0.0233 e. The summed E-state index contributed by atoms with van der Waals surface area (Å²) in [7, 11) is 0. The monoisotopic (exact) mass is 246 g/mol. The number of hydrogen-bond acceptors (Lipinski definition) is 2. The molecule has 0 bridgehead atoms. The summed E-state index contributed by atoms with van der Waals surface area (Å²) in [6.45, 7) is 8.96. The van der Waals surface area contributed by atoms with Crippen molar-refractivity contribution in [3.05, 3.63) is 35.4 Å². The average molecular weight is 246 g/mol. The second-order valence-corrected chi connectivity index (χ2v) is 6.32. The average Bonchev–Trinajstić information content (AvgIpc) is 2.51. The lowest BCUT2D eigenvalue weighted by atomic mass is 9.85. The maximum atomic E-state index is 5.70. The molecule has 1 heterocycles. The predicted molar refractivity (Wildman–Crippen MR) is 77.2 cm³/mol. The van der Waals surface area contributed by atoms with Crippen LogP contribution in [0.25, 0.3) is 0 Å². The largest absolute Gasteiger partial charge is 0.326 e. The van der Waals surface area contributed by atoms with E-state index >= 15 is 0 Å². The molecule has 2 heteroatoms. The highest BCUT2D eigenvalue weighted by molar-refractivity contribution is 5.23. The molecule has 1 aliphatic rings. The van der Waals surface area contributed by atoms with Gasteiger partial charge >= 0.3 is 0 Å². The first kappa shape index (κ1) is 13.6. The van der Waals surface area contributed by atoms with E-state index in [1.807, 2.05) is 0 Å². The van der Waals surface area contributed by atoms with Crippen LogP contribution < -0.4 is 5.73 Å². The van der Waals surface area contributed by atoms with Gasteiger partial charge in [-0.2, -0.15) is 0 Å². The molecule has 0 atom stereocenters. The molecule has 1 saturated heterocycles. The molecule has 100 valence electrons. The van der Waals surface area contributed by atoms with Gasteiger partial charge in [-0.05, 0) is 48.9 Å². The summed E-state index contributed by atoms with van der Waals surface area (Å²) in [6.07, 6.45) is 3.99. The van der Waals surface area contributed by atoms with E-state index in [0.29, 0.717) is 12.0 Å². The molecule has 1 aromatic carbocycles. The van der Waals surface area contributed by atoms with Crippen LogP contribution in [0.4, 0.5) is 0 Å². The Bertz CT molecular complexity index is 384. The summed E-state index contributed by atoms with van der Waals surface area (Å²) in [5.74, 6) is 0. The summed E-state index contributed by atoms with van der Waals surface area (Å²) in [4.78, 5) is 2.59. The second kappa shape index (κ2) is 5.85. The van der Waals surface area contributed by atoms with Gasteiger partial charge in [0.25, 0.3) is 0 Å².